The van der Waals surface area contributed by atoms with Crippen molar-refractivity contribution in [2.24, 2.45) is 0 Å². The molecule has 0 aromatic heterocycles. The van der Waals surface area contributed by atoms with Crippen molar-refractivity contribution >= 4 is 67.8 Å². The van der Waals surface area contributed by atoms with E-state index in [9.17, 15) is 9.59 Å². The number of thioether (sulfide) groups is 1. The summed E-state index contributed by atoms with van der Waals surface area (Å²) in [5, 5.41) is 2.90. The minimum absolute atomic E-state index is 0.0169. The van der Waals surface area contributed by atoms with E-state index >= 15 is 0 Å². The van der Waals surface area contributed by atoms with Crippen LogP contribution in [0.25, 0.3) is 6.08 Å². The summed E-state index contributed by atoms with van der Waals surface area (Å²) in [4.78, 5) is 27.2. The summed E-state index contributed by atoms with van der Waals surface area (Å²) in [6, 6.07) is 15.1. The number of ether oxygens (including phenoxy) is 1. The van der Waals surface area contributed by atoms with E-state index in [0.717, 1.165) is 40.7 Å². The van der Waals surface area contributed by atoms with Crippen LogP contribution in [0.3, 0.4) is 0 Å². The molecule has 1 N–H and O–H groups in total. The second-order valence-electron chi connectivity index (χ2n) is 7.20. The normalized spacial score (nSPS) is 14.8. The van der Waals surface area contributed by atoms with Crippen LogP contribution in [0.2, 0.25) is 0 Å². The van der Waals surface area contributed by atoms with Gasteiger partial charge in [0, 0.05) is 23.1 Å². The van der Waals surface area contributed by atoms with Crippen molar-refractivity contribution in [1.82, 2.24) is 4.90 Å². The second kappa shape index (κ2) is 12.2. The van der Waals surface area contributed by atoms with Gasteiger partial charge in [-0.1, -0.05) is 58.5 Å². The van der Waals surface area contributed by atoms with Gasteiger partial charge >= 0.3 is 0 Å². The van der Waals surface area contributed by atoms with E-state index in [1.54, 1.807) is 4.90 Å². The van der Waals surface area contributed by atoms with Crippen LogP contribution in [0, 0.1) is 0 Å². The van der Waals surface area contributed by atoms with Crippen LogP contribution in [0.4, 0.5) is 5.69 Å². The number of hydrogen-bond acceptors (Lipinski definition) is 5. The Labute approximate surface area is 206 Å². The zero-order valence-electron chi connectivity index (χ0n) is 17.8. The molecule has 0 bridgehead atoms. The van der Waals surface area contributed by atoms with Gasteiger partial charge in [-0.05, 0) is 67.8 Å². The van der Waals surface area contributed by atoms with E-state index in [1.165, 1.54) is 11.8 Å². The monoisotopic (exact) mass is 532 g/mol. The lowest BCUT2D eigenvalue weighted by Crippen LogP contribution is -2.29. The maximum atomic E-state index is 12.7. The van der Waals surface area contributed by atoms with E-state index in [2.05, 4.69) is 21.2 Å². The van der Waals surface area contributed by atoms with Crippen molar-refractivity contribution in [2.75, 3.05) is 18.5 Å². The Hall–Kier alpha value is -2.16. The Morgan fingerprint density at radius 1 is 1.19 bits per heavy atom. The first-order valence-electron chi connectivity index (χ1n) is 10.5. The SMILES string of the molecule is CCOc1ccc(NC(=O)CCCCCN2C(=O)/C(=C/c3cccc(Br)c3)SC2=S)cc1. The van der Waals surface area contributed by atoms with Crippen molar-refractivity contribution in [3.63, 3.8) is 0 Å². The van der Waals surface area contributed by atoms with E-state index in [-0.39, 0.29) is 11.8 Å². The van der Waals surface area contributed by atoms with Gasteiger partial charge in [-0.25, -0.2) is 0 Å². The lowest BCUT2D eigenvalue weighted by molar-refractivity contribution is -0.122. The number of unbranched alkanes of at least 4 members (excludes halogenated alkanes) is 2. The molecule has 168 valence electrons. The van der Waals surface area contributed by atoms with Crippen LogP contribution < -0.4 is 10.1 Å². The standard InChI is InChI=1S/C24H25BrN2O3S2/c1-2-30-20-12-10-19(11-13-20)26-22(28)9-4-3-5-14-27-23(29)21(32-24(27)31)16-17-7-6-8-18(25)15-17/h6-8,10-13,15-16H,2-5,9,14H2,1H3,(H,26,28)/b21-16-. The second-order valence-corrected chi connectivity index (χ2v) is 9.80. The molecule has 2 amide bonds. The number of carbonyl (C=O) groups excluding carboxylic acids is 2. The first kappa shape index (κ1) is 24.5. The summed E-state index contributed by atoms with van der Waals surface area (Å²) in [6.07, 6.45) is 4.71. The first-order chi connectivity index (χ1) is 15.5. The van der Waals surface area contributed by atoms with Gasteiger partial charge in [0.05, 0.1) is 11.5 Å². The topological polar surface area (TPSA) is 58.6 Å². The van der Waals surface area contributed by atoms with Crippen molar-refractivity contribution in [3.05, 3.63) is 63.5 Å². The highest BCUT2D eigenvalue weighted by Gasteiger charge is 2.31. The van der Waals surface area contributed by atoms with Crippen molar-refractivity contribution in [1.29, 1.82) is 0 Å². The zero-order valence-corrected chi connectivity index (χ0v) is 21.0. The predicted octanol–water partition coefficient (Wildman–Crippen LogP) is 6.25. The molecule has 1 saturated heterocycles. The van der Waals surface area contributed by atoms with E-state index < -0.39 is 0 Å². The van der Waals surface area contributed by atoms with E-state index in [1.807, 2.05) is 61.5 Å². The average Bonchev–Trinajstić information content (AvgIpc) is 3.02. The molecule has 5 nitrogen and oxygen atoms in total. The number of nitrogens with zero attached hydrogens (tertiary/aromatic N) is 1. The molecule has 1 aliphatic heterocycles. The Kier molecular flexibility index (Phi) is 9.32. The lowest BCUT2D eigenvalue weighted by Gasteiger charge is -2.14. The van der Waals surface area contributed by atoms with Crippen LogP contribution in [0.5, 0.6) is 5.75 Å². The van der Waals surface area contributed by atoms with Gasteiger partial charge < -0.3 is 10.1 Å². The third-order valence-corrected chi connectivity index (χ3v) is 6.63. The Morgan fingerprint density at radius 3 is 2.69 bits per heavy atom. The third-order valence-electron chi connectivity index (χ3n) is 4.75. The number of amides is 2. The van der Waals surface area contributed by atoms with Crippen LogP contribution in [-0.2, 0) is 9.59 Å². The van der Waals surface area contributed by atoms with Crippen LogP contribution in [0.1, 0.15) is 38.2 Å². The summed E-state index contributed by atoms with van der Waals surface area (Å²) < 4.78 is 6.95. The first-order valence-corrected chi connectivity index (χ1v) is 12.5. The van der Waals surface area contributed by atoms with Crippen LogP contribution >= 0.6 is 39.9 Å². The average molecular weight is 534 g/mol. The van der Waals surface area contributed by atoms with Gasteiger partial charge in [-0.15, -0.1) is 0 Å². The molecule has 0 saturated carbocycles. The van der Waals surface area contributed by atoms with Crippen molar-refractivity contribution in [3.8, 4) is 5.75 Å². The summed E-state index contributed by atoms with van der Waals surface area (Å²) in [5.74, 6) is 0.720. The molecule has 1 fully saturated rings. The molecule has 1 heterocycles. The summed E-state index contributed by atoms with van der Waals surface area (Å²) in [7, 11) is 0. The molecule has 3 rings (SSSR count). The highest BCUT2D eigenvalue weighted by molar-refractivity contribution is 9.10. The Balaban J connectivity index is 1.39. The highest BCUT2D eigenvalue weighted by atomic mass is 79.9. The third kappa shape index (κ3) is 7.18. The predicted molar refractivity (Wildman–Crippen MR) is 139 cm³/mol. The van der Waals surface area contributed by atoms with Crippen molar-refractivity contribution < 1.29 is 14.3 Å². The minimum atomic E-state index is -0.0479. The van der Waals surface area contributed by atoms with Gasteiger partial charge in [0.15, 0.2) is 0 Å². The van der Waals surface area contributed by atoms with E-state index in [4.69, 9.17) is 17.0 Å². The molecular weight excluding hydrogens is 508 g/mol. The molecule has 0 radical (unpaired) electrons. The summed E-state index contributed by atoms with van der Waals surface area (Å²) >= 11 is 10.2. The zero-order chi connectivity index (χ0) is 22.9. The molecule has 0 atom stereocenters. The van der Waals surface area contributed by atoms with Gasteiger partial charge in [0.1, 0.15) is 10.1 Å². The number of carbonyl (C=O) groups is 2. The molecule has 0 unspecified atom stereocenters. The number of hydrogen-bond donors (Lipinski definition) is 1. The Morgan fingerprint density at radius 2 is 1.97 bits per heavy atom. The summed E-state index contributed by atoms with van der Waals surface area (Å²) in [5.41, 5.74) is 1.71. The molecule has 32 heavy (non-hydrogen) atoms. The van der Waals surface area contributed by atoms with Gasteiger partial charge in [-0.2, -0.15) is 0 Å². The quantitative estimate of drug-likeness (QED) is 0.222. The number of benzene rings is 2. The Bertz CT molecular complexity index is 1010. The largest absolute Gasteiger partial charge is 0.494 e. The van der Waals surface area contributed by atoms with Gasteiger partial charge in [0.25, 0.3) is 5.91 Å². The van der Waals surface area contributed by atoms with Gasteiger partial charge in [0.2, 0.25) is 5.91 Å². The number of rotatable bonds is 10. The van der Waals surface area contributed by atoms with Crippen LogP contribution in [-0.4, -0.2) is 34.2 Å². The minimum Gasteiger partial charge on any atom is -0.494 e. The number of anilines is 1. The maximum Gasteiger partial charge on any atom is 0.266 e. The molecular formula is C24H25BrN2O3S2. The van der Waals surface area contributed by atoms with E-state index in [0.29, 0.717) is 28.8 Å². The molecule has 2 aromatic carbocycles. The molecule has 0 aliphatic carbocycles. The fraction of sp³-hybridized carbons (Fsp3) is 0.292. The van der Waals surface area contributed by atoms with Crippen molar-refractivity contribution in [2.45, 2.75) is 32.6 Å². The highest BCUT2D eigenvalue weighted by Crippen LogP contribution is 2.33. The number of nitrogens with one attached hydrogen (secondary N) is 1. The fourth-order valence-electron chi connectivity index (χ4n) is 3.20. The lowest BCUT2D eigenvalue weighted by atomic mass is 10.1. The maximum absolute atomic E-state index is 12.7. The molecule has 2 aromatic rings. The summed E-state index contributed by atoms with van der Waals surface area (Å²) in [6.45, 7) is 3.11. The molecule has 8 heteroatoms. The van der Waals surface area contributed by atoms with Crippen LogP contribution in [0.15, 0.2) is 57.9 Å². The fourth-order valence-corrected chi connectivity index (χ4v) is 4.92. The number of halogens is 1. The molecule has 0 spiro atoms. The number of thiocarbonyl (C=S) groups is 1. The molecule has 1 aliphatic rings. The van der Waals surface area contributed by atoms with Gasteiger partial charge in [-0.3, -0.25) is 14.5 Å². The smallest absolute Gasteiger partial charge is 0.266 e.